The third-order valence-corrected chi connectivity index (χ3v) is 4.28. The SMILES string of the molecule is CCC(C)CC(Br)c1cc(OC)c(OC)cc1C. The van der Waals surface area contributed by atoms with E-state index in [1.54, 1.807) is 14.2 Å². The molecule has 0 aliphatic carbocycles. The van der Waals surface area contributed by atoms with Crippen LogP contribution in [0.2, 0.25) is 0 Å². The molecule has 0 bridgehead atoms. The molecule has 1 rings (SSSR count). The average Bonchev–Trinajstić information content (AvgIpc) is 2.37. The molecule has 0 fully saturated rings. The van der Waals surface area contributed by atoms with E-state index in [0.717, 1.165) is 17.9 Å². The Balaban J connectivity index is 3.01. The van der Waals surface area contributed by atoms with Gasteiger partial charge in [-0.3, -0.25) is 0 Å². The molecule has 18 heavy (non-hydrogen) atoms. The summed E-state index contributed by atoms with van der Waals surface area (Å²) in [5, 5.41) is 0. The zero-order valence-corrected chi connectivity index (χ0v) is 13.5. The highest BCUT2D eigenvalue weighted by Gasteiger charge is 2.16. The third-order valence-electron chi connectivity index (χ3n) is 3.42. The molecule has 0 spiro atoms. The summed E-state index contributed by atoms with van der Waals surface area (Å²) >= 11 is 3.79. The van der Waals surface area contributed by atoms with Crippen LogP contribution in [0.15, 0.2) is 12.1 Å². The minimum Gasteiger partial charge on any atom is -0.493 e. The Kier molecular flexibility index (Phi) is 6.00. The van der Waals surface area contributed by atoms with Crippen molar-refractivity contribution in [3.05, 3.63) is 23.3 Å². The first kappa shape index (κ1) is 15.4. The average molecular weight is 315 g/mol. The summed E-state index contributed by atoms with van der Waals surface area (Å²) in [7, 11) is 3.34. The van der Waals surface area contributed by atoms with Gasteiger partial charge in [-0.15, -0.1) is 0 Å². The molecule has 0 radical (unpaired) electrons. The van der Waals surface area contributed by atoms with Crippen molar-refractivity contribution in [1.29, 1.82) is 0 Å². The second kappa shape index (κ2) is 7.03. The van der Waals surface area contributed by atoms with Crippen molar-refractivity contribution in [2.24, 2.45) is 5.92 Å². The molecular formula is C15H23BrO2. The van der Waals surface area contributed by atoms with Crippen LogP contribution in [-0.4, -0.2) is 14.2 Å². The third kappa shape index (κ3) is 3.64. The Morgan fingerprint density at radius 2 is 1.72 bits per heavy atom. The quantitative estimate of drug-likeness (QED) is 0.696. The molecule has 0 saturated carbocycles. The van der Waals surface area contributed by atoms with Crippen LogP contribution < -0.4 is 9.47 Å². The van der Waals surface area contributed by atoms with Crippen molar-refractivity contribution in [1.82, 2.24) is 0 Å². The molecule has 2 unspecified atom stereocenters. The highest BCUT2D eigenvalue weighted by Crippen LogP contribution is 2.38. The van der Waals surface area contributed by atoms with E-state index in [9.17, 15) is 0 Å². The molecule has 0 N–H and O–H groups in total. The number of halogens is 1. The maximum absolute atomic E-state index is 5.37. The maximum atomic E-state index is 5.37. The minimum atomic E-state index is 0.368. The van der Waals surface area contributed by atoms with Crippen molar-refractivity contribution in [2.75, 3.05) is 14.2 Å². The van der Waals surface area contributed by atoms with Gasteiger partial charge in [-0.05, 0) is 42.5 Å². The molecule has 1 aromatic rings. The molecule has 2 nitrogen and oxygen atoms in total. The normalized spacial score (nSPS) is 14.1. The van der Waals surface area contributed by atoms with E-state index in [1.165, 1.54) is 17.5 Å². The summed E-state index contributed by atoms with van der Waals surface area (Å²) in [5.74, 6) is 2.30. The molecule has 0 amide bonds. The van der Waals surface area contributed by atoms with Gasteiger partial charge in [-0.1, -0.05) is 36.2 Å². The Labute approximate surface area is 119 Å². The first-order valence-electron chi connectivity index (χ1n) is 6.40. The van der Waals surface area contributed by atoms with Crippen LogP contribution in [0.1, 0.15) is 42.6 Å². The molecule has 102 valence electrons. The molecular weight excluding hydrogens is 292 g/mol. The predicted octanol–water partition coefficient (Wildman–Crippen LogP) is 4.88. The van der Waals surface area contributed by atoms with E-state index in [2.05, 4.69) is 42.8 Å². The fourth-order valence-electron chi connectivity index (χ4n) is 1.98. The maximum Gasteiger partial charge on any atom is 0.161 e. The first-order chi connectivity index (χ1) is 8.53. The second-order valence-electron chi connectivity index (χ2n) is 4.78. The van der Waals surface area contributed by atoms with Crippen LogP contribution in [0.3, 0.4) is 0 Å². The van der Waals surface area contributed by atoms with Crippen molar-refractivity contribution in [3.63, 3.8) is 0 Å². The Morgan fingerprint density at radius 1 is 1.17 bits per heavy atom. The van der Waals surface area contributed by atoms with Crippen LogP contribution in [0, 0.1) is 12.8 Å². The lowest BCUT2D eigenvalue weighted by molar-refractivity contribution is 0.354. The standard InChI is InChI=1S/C15H23BrO2/c1-6-10(2)7-13(16)12-9-15(18-5)14(17-4)8-11(12)3/h8-10,13H,6-7H2,1-5H3. The summed E-state index contributed by atoms with van der Waals surface area (Å²) in [6.07, 6.45) is 2.33. The fourth-order valence-corrected chi connectivity index (χ4v) is 3.11. The minimum absolute atomic E-state index is 0.368. The van der Waals surface area contributed by atoms with Crippen molar-refractivity contribution in [3.8, 4) is 11.5 Å². The van der Waals surface area contributed by atoms with Gasteiger partial charge < -0.3 is 9.47 Å². The van der Waals surface area contributed by atoms with Gasteiger partial charge in [-0.25, -0.2) is 0 Å². The zero-order valence-electron chi connectivity index (χ0n) is 11.9. The number of alkyl halides is 1. The lowest BCUT2D eigenvalue weighted by Crippen LogP contribution is -2.02. The Hall–Kier alpha value is -0.700. The van der Waals surface area contributed by atoms with E-state index in [-0.39, 0.29) is 0 Å². The highest BCUT2D eigenvalue weighted by molar-refractivity contribution is 9.09. The first-order valence-corrected chi connectivity index (χ1v) is 7.31. The summed E-state index contributed by atoms with van der Waals surface area (Å²) in [6, 6.07) is 4.12. The van der Waals surface area contributed by atoms with Crippen LogP contribution >= 0.6 is 15.9 Å². The monoisotopic (exact) mass is 314 g/mol. The summed E-state index contributed by atoms with van der Waals surface area (Å²) in [6.45, 7) is 6.62. The van der Waals surface area contributed by atoms with Gasteiger partial charge in [0, 0.05) is 4.83 Å². The summed E-state index contributed by atoms with van der Waals surface area (Å²) in [5.41, 5.74) is 2.52. The number of aryl methyl sites for hydroxylation is 1. The number of hydrogen-bond acceptors (Lipinski definition) is 2. The van der Waals surface area contributed by atoms with Crippen LogP contribution in [-0.2, 0) is 0 Å². The topological polar surface area (TPSA) is 18.5 Å². The number of rotatable bonds is 6. The van der Waals surface area contributed by atoms with Gasteiger partial charge >= 0.3 is 0 Å². The number of hydrogen-bond donors (Lipinski definition) is 0. The lowest BCUT2D eigenvalue weighted by atomic mass is 9.96. The Morgan fingerprint density at radius 3 is 2.22 bits per heavy atom. The van der Waals surface area contributed by atoms with Gasteiger partial charge in [0.05, 0.1) is 14.2 Å². The van der Waals surface area contributed by atoms with Crippen molar-refractivity contribution < 1.29 is 9.47 Å². The molecule has 0 saturated heterocycles. The van der Waals surface area contributed by atoms with Gasteiger partial charge in [0.15, 0.2) is 11.5 Å². The number of benzene rings is 1. The van der Waals surface area contributed by atoms with Gasteiger partial charge in [0.2, 0.25) is 0 Å². The zero-order chi connectivity index (χ0) is 13.7. The molecule has 2 atom stereocenters. The van der Waals surface area contributed by atoms with E-state index < -0.39 is 0 Å². The van der Waals surface area contributed by atoms with Gasteiger partial charge in [0.25, 0.3) is 0 Å². The number of ether oxygens (including phenoxy) is 2. The molecule has 0 aliphatic rings. The lowest BCUT2D eigenvalue weighted by Gasteiger charge is -2.19. The van der Waals surface area contributed by atoms with Gasteiger partial charge in [-0.2, -0.15) is 0 Å². The molecule has 0 aromatic heterocycles. The fraction of sp³-hybridized carbons (Fsp3) is 0.600. The highest BCUT2D eigenvalue weighted by atomic mass is 79.9. The smallest absolute Gasteiger partial charge is 0.161 e. The molecule has 0 aliphatic heterocycles. The molecule has 0 heterocycles. The number of methoxy groups -OCH3 is 2. The Bertz CT molecular complexity index is 390. The van der Waals surface area contributed by atoms with E-state index in [0.29, 0.717) is 10.7 Å². The van der Waals surface area contributed by atoms with Crippen LogP contribution in [0.4, 0.5) is 0 Å². The molecule has 3 heteroatoms. The van der Waals surface area contributed by atoms with E-state index in [4.69, 9.17) is 9.47 Å². The van der Waals surface area contributed by atoms with E-state index in [1.807, 2.05) is 6.07 Å². The van der Waals surface area contributed by atoms with Crippen LogP contribution in [0.25, 0.3) is 0 Å². The predicted molar refractivity (Wildman–Crippen MR) is 80.0 cm³/mol. The molecule has 1 aromatic carbocycles. The largest absolute Gasteiger partial charge is 0.493 e. The van der Waals surface area contributed by atoms with E-state index >= 15 is 0 Å². The second-order valence-corrected chi connectivity index (χ2v) is 5.89. The van der Waals surface area contributed by atoms with Crippen molar-refractivity contribution >= 4 is 15.9 Å². The van der Waals surface area contributed by atoms with Crippen molar-refractivity contribution in [2.45, 2.75) is 38.4 Å². The van der Waals surface area contributed by atoms with Gasteiger partial charge in [0.1, 0.15) is 0 Å². The summed E-state index contributed by atoms with van der Waals surface area (Å²) < 4.78 is 10.7. The summed E-state index contributed by atoms with van der Waals surface area (Å²) in [4.78, 5) is 0.368. The van der Waals surface area contributed by atoms with Crippen LogP contribution in [0.5, 0.6) is 11.5 Å².